The number of ether oxygens (including phenoxy) is 1. The number of ketones is 1. The Bertz CT molecular complexity index is 744. The summed E-state index contributed by atoms with van der Waals surface area (Å²) >= 11 is 0. The Morgan fingerprint density at radius 1 is 1.08 bits per heavy atom. The fourth-order valence-corrected chi connectivity index (χ4v) is 3.55. The monoisotopic (exact) mass is 337 g/mol. The maximum atomic E-state index is 12.7. The third-order valence-electron chi connectivity index (χ3n) is 5.09. The average Bonchev–Trinajstić information content (AvgIpc) is 2.62. The molecule has 0 aliphatic carbocycles. The molecule has 2 aromatic rings. The molecule has 1 unspecified atom stereocenters. The van der Waals surface area contributed by atoms with Gasteiger partial charge in [0.2, 0.25) is 0 Å². The second-order valence-corrected chi connectivity index (χ2v) is 6.63. The highest BCUT2D eigenvalue weighted by atomic mass is 16.5. The second kappa shape index (κ2) is 7.19. The van der Waals surface area contributed by atoms with Gasteiger partial charge in [-0.1, -0.05) is 60.7 Å². The summed E-state index contributed by atoms with van der Waals surface area (Å²) in [6, 6.07) is 19.7. The van der Waals surface area contributed by atoms with Crippen LogP contribution in [0.3, 0.4) is 0 Å². The lowest BCUT2D eigenvalue weighted by molar-refractivity contribution is -0.176. The molecule has 1 fully saturated rings. The molecule has 0 amide bonds. The first-order valence-electron chi connectivity index (χ1n) is 8.53. The van der Waals surface area contributed by atoms with E-state index < -0.39 is 11.5 Å². The van der Waals surface area contributed by atoms with E-state index in [-0.39, 0.29) is 11.8 Å². The van der Waals surface area contributed by atoms with Crippen molar-refractivity contribution in [3.05, 3.63) is 71.8 Å². The Hall–Kier alpha value is -2.46. The van der Waals surface area contributed by atoms with Crippen molar-refractivity contribution in [1.82, 2.24) is 4.90 Å². The molecule has 25 heavy (non-hydrogen) atoms. The molecule has 0 radical (unpaired) electrons. The molecule has 2 aromatic carbocycles. The van der Waals surface area contributed by atoms with Crippen LogP contribution in [0.25, 0.3) is 0 Å². The van der Waals surface area contributed by atoms with E-state index in [2.05, 4.69) is 12.1 Å². The van der Waals surface area contributed by atoms with Crippen molar-refractivity contribution in [2.75, 3.05) is 13.7 Å². The summed E-state index contributed by atoms with van der Waals surface area (Å²) in [5, 5.41) is 0. The number of benzene rings is 2. The van der Waals surface area contributed by atoms with E-state index in [0.717, 1.165) is 17.5 Å². The lowest BCUT2D eigenvalue weighted by Gasteiger charge is -2.46. The molecule has 0 aromatic heterocycles. The molecule has 1 aliphatic heterocycles. The summed E-state index contributed by atoms with van der Waals surface area (Å²) in [6.07, 6.45) is 1.05. The van der Waals surface area contributed by atoms with Crippen LogP contribution in [0.15, 0.2) is 60.7 Å². The lowest BCUT2D eigenvalue weighted by Crippen LogP contribution is -2.67. The normalized spacial score (nSPS) is 23.9. The van der Waals surface area contributed by atoms with Crippen LogP contribution in [0.2, 0.25) is 0 Å². The first kappa shape index (κ1) is 17.4. The van der Waals surface area contributed by atoms with Gasteiger partial charge in [0.05, 0.1) is 0 Å². The SMILES string of the molecule is CC(=O)C1(Cc2ccccc2)C(=O)OC[C@H](Cc2ccccc2)N1C. The zero-order valence-electron chi connectivity index (χ0n) is 14.6. The minimum Gasteiger partial charge on any atom is -0.462 e. The number of esters is 1. The molecule has 130 valence electrons. The van der Waals surface area contributed by atoms with Crippen molar-refractivity contribution in [2.45, 2.75) is 31.3 Å². The quantitative estimate of drug-likeness (QED) is 0.622. The van der Waals surface area contributed by atoms with Crippen LogP contribution in [0.1, 0.15) is 18.1 Å². The maximum Gasteiger partial charge on any atom is 0.334 e. The minimum atomic E-state index is -1.26. The van der Waals surface area contributed by atoms with Crippen LogP contribution in [0.5, 0.6) is 0 Å². The number of carbonyl (C=O) groups excluding carboxylic acids is 2. The van der Waals surface area contributed by atoms with Gasteiger partial charge in [0.15, 0.2) is 11.3 Å². The first-order valence-corrected chi connectivity index (χ1v) is 8.53. The van der Waals surface area contributed by atoms with Crippen molar-refractivity contribution in [2.24, 2.45) is 0 Å². The topological polar surface area (TPSA) is 46.6 Å². The van der Waals surface area contributed by atoms with E-state index in [4.69, 9.17) is 4.74 Å². The number of hydrogen-bond donors (Lipinski definition) is 0. The van der Waals surface area contributed by atoms with Gasteiger partial charge in [0.1, 0.15) is 6.61 Å². The van der Waals surface area contributed by atoms with Crippen LogP contribution in [0, 0.1) is 0 Å². The lowest BCUT2D eigenvalue weighted by atomic mass is 9.82. The van der Waals surface area contributed by atoms with Crippen molar-refractivity contribution >= 4 is 11.8 Å². The predicted octanol–water partition coefficient (Wildman–Crippen LogP) is 2.66. The number of morpholine rings is 1. The van der Waals surface area contributed by atoms with Gasteiger partial charge in [0, 0.05) is 12.5 Å². The first-order chi connectivity index (χ1) is 12.0. The third-order valence-corrected chi connectivity index (χ3v) is 5.09. The van der Waals surface area contributed by atoms with Crippen molar-refractivity contribution in [1.29, 1.82) is 0 Å². The Morgan fingerprint density at radius 3 is 2.20 bits per heavy atom. The van der Waals surface area contributed by atoms with Crippen LogP contribution in [-0.4, -0.2) is 41.9 Å². The average molecular weight is 337 g/mol. The summed E-state index contributed by atoms with van der Waals surface area (Å²) in [5.74, 6) is -0.628. The smallest absolute Gasteiger partial charge is 0.334 e. The number of nitrogens with zero attached hydrogens (tertiary/aromatic N) is 1. The third kappa shape index (κ3) is 3.35. The largest absolute Gasteiger partial charge is 0.462 e. The van der Waals surface area contributed by atoms with Gasteiger partial charge in [-0.05, 0) is 31.5 Å². The van der Waals surface area contributed by atoms with E-state index in [1.807, 2.05) is 60.5 Å². The molecule has 2 atom stereocenters. The molecule has 0 spiro atoms. The van der Waals surface area contributed by atoms with Crippen molar-refractivity contribution in [3.8, 4) is 0 Å². The molecule has 1 saturated heterocycles. The molecule has 3 rings (SSSR count). The predicted molar refractivity (Wildman–Crippen MR) is 96.2 cm³/mol. The fraction of sp³-hybridized carbons (Fsp3) is 0.333. The molecule has 4 nitrogen and oxygen atoms in total. The number of Topliss-reactive ketones (excluding diaryl/α,β-unsaturated/α-hetero) is 1. The van der Waals surface area contributed by atoms with Crippen molar-refractivity contribution in [3.63, 3.8) is 0 Å². The summed E-state index contributed by atoms with van der Waals surface area (Å²) in [4.78, 5) is 27.2. The van der Waals surface area contributed by atoms with Gasteiger partial charge in [-0.3, -0.25) is 9.69 Å². The van der Waals surface area contributed by atoms with Gasteiger partial charge in [0.25, 0.3) is 0 Å². The number of carbonyl (C=O) groups is 2. The zero-order valence-corrected chi connectivity index (χ0v) is 14.6. The van der Waals surface area contributed by atoms with Gasteiger partial charge in [-0.25, -0.2) is 4.79 Å². The molecule has 4 heteroatoms. The summed E-state index contributed by atoms with van der Waals surface area (Å²) in [5.41, 5.74) is 0.843. The van der Waals surface area contributed by atoms with E-state index in [9.17, 15) is 9.59 Å². The van der Waals surface area contributed by atoms with Crippen LogP contribution >= 0.6 is 0 Å². The van der Waals surface area contributed by atoms with Gasteiger partial charge < -0.3 is 4.74 Å². The Morgan fingerprint density at radius 2 is 1.64 bits per heavy atom. The van der Waals surface area contributed by atoms with E-state index >= 15 is 0 Å². The highest BCUT2D eigenvalue weighted by Crippen LogP contribution is 2.30. The summed E-state index contributed by atoms with van der Waals surface area (Å²) in [6.45, 7) is 1.78. The molecule has 0 N–H and O–H groups in total. The zero-order chi connectivity index (χ0) is 17.9. The number of cyclic esters (lactones) is 1. The Balaban J connectivity index is 1.91. The van der Waals surface area contributed by atoms with Crippen LogP contribution < -0.4 is 0 Å². The van der Waals surface area contributed by atoms with Crippen LogP contribution in [0.4, 0.5) is 0 Å². The molecular weight excluding hydrogens is 314 g/mol. The highest BCUT2D eigenvalue weighted by Gasteiger charge is 2.53. The Kier molecular flexibility index (Phi) is 5.00. The molecule has 1 aliphatic rings. The number of hydrogen-bond acceptors (Lipinski definition) is 4. The fourth-order valence-electron chi connectivity index (χ4n) is 3.55. The highest BCUT2D eigenvalue weighted by molar-refractivity contribution is 6.08. The number of rotatable bonds is 5. The van der Waals surface area contributed by atoms with Gasteiger partial charge in [-0.2, -0.15) is 0 Å². The minimum absolute atomic E-state index is 0.0345. The second-order valence-electron chi connectivity index (χ2n) is 6.63. The van der Waals surface area contributed by atoms with E-state index in [1.165, 1.54) is 6.92 Å². The van der Waals surface area contributed by atoms with E-state index in [1.54, 1.807) is 0 Å². The number of likely N-dealkylation sites (N-methyl/N-ethyl adjacent to an activating group) is 1. The van der Waals surface area contributed by atoms with Gasteiger partial charge in [-0.15, -0.1) is 0 Å². The standard InChI is InChI=1S/C21H23NO3/c1-16(23)21(14-18-11-7-4-8-12-18)20(24)25-15-19(22(21)2)13-17-9-5-3-6-10-17/h3-12,19H,13-15H2,1-2H3/t19-,21?/m0/s1. The molecule has 0 bridgehead atoms. The maximum absolute atomic E-state index is 12.7. The summed E-state index contributed by atoms with van der Waals surface area (Å²) < 4.78 is 5.48. The van der Waals surface area contributed by atoms with Gasteiger partial charge >= 0.3 is 5.97 Å². The molecular formula is C21H23NO3. The Labute approximate surface area is 148 Å². The molecule has 0 saturated carbocycles. The van der Waals surface area contributed by atoms with E-state index in [0.29, 0.717) is 13.0 Å². The van der Waals surface area contributed by atoms with Crippen LogP contribution in [-0.2, 0) is 27.2 Å². The summed E-state index contributed by atoms with van der Waals surface area (Å²) in [7, 11) is 1.86. The van der Waals surface area contributed by atoms with Crippen molar-refractivity contribution < 1.29 is 14.3 Å². The molecule has 1 heterocycles.